The fourth-order valence-corrected chi connectivity index (χ4v) is 3.14. The zero-order chi connectivity index (χ0) is 21.8. The van der Waals surface area contributed by atoms with Crippen molar-refractivity contribution in [3.8, 4) is 22.8 Å². The lowest BCUT2D eigenvalue weighted by molar-refractivity contribution is -0.134. The van der Waals surface area contributed by atoms with Gasteiger partial charge in [-0.15, -0.1) is 0 Å². The zero-order valence-corrected chi connectivity index (χ0v) is 17.4. The van der Waals surface area contributed by atoms with Crippen molar-refractivity contribution >= 4 is 29.0 Å². The van der Waals surface area contributed by atoms with Gasteiger partial charge in [0.15, 0.2) is 11.3 Å². The highest BCUT2D eigenvalue weighted by Crippen LogP contribution is 2.40. The smallest absolute Gasteiger partial charge is 0.342 e. The molecule has 0 bridgehead atoms. The molecule has 0 amide bonds. The predicted octanol–water partition coefficient (Wildman–Crippen LogP) is 4.40. The highest BCUT2D eigenvalue weighted by molar-refractivity contribution is 6.10. The van der Waals surface area contributed by atoms with E-state index in [-0.39, 0.29) is 5.56 Å². The van der Waals surface area contributed by atoms with E-state index in [0.717, 1.165) is 5.56 Å². The van der Waals surface area contributed by atoms with E-state index in [1.165, 1.54) is 27.4 Å². The molecule has 0 saturated carbocycles. The van der Waals surface area contributed by atoms with Crippen LogP contribution in [0.15, 0.2) is 40.8 Å². The van der Waals surface area contributed by atoms with Gasteiger partial charge in [0.05, 0.1) is 28.4 Å². The average molecular weight is 410 g/mol. The van der Waals surface area contributed by atoms with E-state index in [1.54, 1.807) is 31.4 Å². The third-order valence-corrected chi connectivity index (χ3v) is 4.67. The second-order valence-electron chi connectivity index (χ2n) is 6.44. The Bertz CT molecular complexity index is 1140. The van der Waals surface area contributed by atoms with Crippen LogP contribution < -0.4 is 9.47 Å². The molecule has 0 saturated heterocycles. The van der Waals surface area contributed by atoms with Crippen LogP contribution in [0.25, 0.3) is 28.4 Å². The van der Waals surface area contributed by atoms with Crippen LogP contribution in [0.2, 0.25) is 0 Å². The van der Waals surface area contributed by atoms with Crippen LogP contribution in [0.4, 0.5) is 0 Å². The zero-order valence-electron chi connectivity index (χ0n) is 17.4. The van der Waals surface area contributed by atoms with E-state index < -0.39 is 11.9 Å². The van der Waals surface area contributed by atoms with Gasteiger partial charge in [-0.3, -0.25) is 0 Å². The number of hydrogen-bond donors (Lipinski definition) is 0. The molecule has 156 valence electrons. The number of aryl methyl sites for hydroxylation is 1. The number of carbonyl (C=O) groups excluding carboxylic acids is 2. The second-order valence-corrected chi connectivity index (χ2v) is 6.44. The van der Waals surface area contributed by atoms with Crippen molar-refractivity contribution < 1.29 is 33.0 Å². The number of fused-ring (bicyclic) bond motifs is 1. The van der Waals surface area contributed by atoms with Gasteiger partial charge in [-0.1, -0.05) is 12.1 Å². The Morgan fingerprint density at radius 1 is 0.933 bits per heavy atom. The third kappa shape index (κ3) is 3.87. The number of rotatable bonds is 6. The van der Waals surface area contributed by atoms with E-state index in [4.69, 9.17) is 18.6 Å². The van der Waals surface area contributed by atoms with E-state index in [9.17, 15) is 9.59 Å². The van der Waals surface area contributed by atoms with Crippen LogP contribution in [0.1, 0.15) is 21.5 Å². The van der Waals surface area contributed by atoms with Crippen LogP contribution in [-0.4, -0.2) is 40.4 Å². The van der Waals surface area contributed by atoms with Crippen molar-refractivity contribution in [3.63, 3.8) is 0 Å². The maximum atomic E-state index is 12.7. The molecule has 0 N–H and O–H groups in total. The predicted molar refractivity (Wildman–Crippen MR) is 112 cm³/mol. The summed E-state index contributed by atoms with van der Waals surface area (Å²) in [5.41, 5.74) is 2.88. The standard InChI is InChI=1S/C23H22O7/c1-13-6-8-15(12-17(13)26-2)21-20(23(25)29-5)16-10-14(7-9-19(24)28-4)11-18(27-3)22(16)30-21/h6-12H,1-5H3/b9-7+. The summed E-state index contributed by atoms with van der Waals surface area (Å²) in [6, 6.07) is 8.94. The fourth-order valence-electron chi connectivity index (χ4n) is 3.14. The SMILES string of the molecule is COC(=O)/C=C/c1cc(OC)c2oc(-c3ccc(C)c(OC)c3)c(C(=O)OC)c2c1. The van der Waals surface area contributed by atoms with E-state index in [2.05, 4.69) is 4.74 Å². The summed E-state index contributed by atoms with van der Waals surface area (Å²) in [5.74, 6) is 0.355. The Morgan fingerprint density at radius 3 is 2.30 bits per heavy atom. The maximum Gasteiger partial charge on any atom is 0.342 e. The molecule has 0 aliphatic rings. The highest BCUT2D eigenvalue weighted by atomic mass is 16.5. The Balaban J connectivity index is 2.29. The molecule has 0 fully saturated rings. The Hall–Kier alpha value is -3.74. The lowest BCUT2D eigenvalue weighted by Gasteiger charge is -2.07. The Labute approximate surface area is 173 Å². The van der Waals surface area contributed by atoms with Gasteiger partial charge in [-0.25, -0.2) is 9.59 Å². The van der Waals surface area contributed by atoms with Gasteiger partial charge in [0.25, 0.3) is 0 Å². The quantitative estimate of drug-likeness (QED) is 0.440. The number of esters is 2. The van der Waals surface area contributed by atoms with Crippen molar-refractivity contribution in [1.29, 1.82) is 0 Å². The molecule has 30 heavy (non-hydrogen) atoms. The van der Waals surface area contributed by atoms with Crippen LogP contribution >= 0.6 is 0 Å². The number of hydrogen-bond acceptors (Lipinski definition) is 7. The molecule has 0 atom stereocenters. The number of furan rings is 1. The molecule has 2 aromatic carbocycles. The summed E-state index contributed by atoms with van der Waals surface area (Å²) in [6.45, 7) is 1.92. The summed E-state index contributed by atoms with van der Waals surface area (Å²) >= 11 is 0. The van der Waals surface area contributed by atoms with Gasteiger partial charge in [0.1, 0.15) is 17.1 Å². The lowest BCUT2D eigenvalue weighted by atomic mass is 10.0. The van der Waals surface area contributed by atoms with Crippen LogP contribution in [0.5, 0.6) is 11.5 Å². The van der Waals surface area contributed by atoms with E-state index in [0.29, 0.717) is 39.4 Å². The van der Waals surface area contributed by atoms with E-state index in [1.807, 2.05) is 19.1 Å². The summed E-state index contributed by atoms with van der Waals surface area (Å²) in [6.07, 6.45) is 2.85. The Kier molecular flexibility index (Phi) is 6.11. The molecule has 3 aromatic rings. The van der Waals surface area contributed by atoms with Crippen molar-refractivity contribution in [2.75, 3.05) is 28.4 Å². The van der Waals surface area contributed by atoms with Gasteiger partial charge in [0, 0.05) is 17.0 Å². The molecule has 1 aromatic heterocycles. The molecule has 0 spiro atoms. The largest absolute Gasteiger partial charge is 0.496 e. The number of methoxy groups -OCH3 is 4. The van der Waals surface area contributed by atoms with Crippen LogP contribution in [0.3, 0.4) is 0 Å². The second kappa shape index (κ2) is 8.73. The Morgan fingerprint density at radius 2 is 1.67 bits per heavy atom. The number of ether oxygens (including phenoxy) is 4. The summed E-state index contributed by atoms with van der Waals surface area (Å²) in [4.78, 5) is 24.1. The van der Waals surface area contributed by atoms with Crippen LogP contribution in [-0.2, 0) is 14.3 Å². The molecule has 0 aliphatic carbocycles. The van der Waals surface area contributed by atoms with Crippen molar-refractivity contribution in [3.05, 3.63) is 53.1 Å². The minimum absolute atomic E-state index is 0.255. The van der Waals surface area contributed by atoms with Gasteiger partial charge in [0.2, 0.25) is 0 Å². The first-order valence-electron chi connectivity index (χ1n) is 9.07. The fraction of sp³-hybridized carbons (Fsp3) is 0.217. The molecular weight excluding hydrogens is 388 g/mol. The first kappa shape index (κ1) is 21.0. The summed E-state index contributed by atoms with van der Waals surface area (Å²) in [7, 11) is 5.68. The summed E-state index contributed by atoms with van der Waals surface area (Å²) < 4.78 is 26.6. The van der Waals surface area contributed by atoms with Gasteiger partial charge >= 0.3 is 11.9 Å². The molecule has 0 radical (unpaired) electrons. The molecule has 3 rings (SSSR count). The number of carbonyl (C=O) groups is 2. The highest BCUT2D eigenvalue weighted by Gasteiger charge is 2.25. The minimum Gasteiger partial charge on any atom is -0.496 e. The van der Waals surface area contributed by atoms with Crippen molar-refractivity contribution in [2.45, 2.75) is 6.92 Å². The molecule has 0 aliphatic heterocycles. The third-order valence-electron chi connectivity index (χ3n) is 4.67. The van der Waals surface area contributed by atoms with Gasteiger partial charge in [-0.2, -0.15) is 0 Å². The average Bonchev–Trinajstić information content (AvgIpc) is 3.16. The molecule has 7 heteroatoms. The molecule has 0 unspecified atom stereocenters. The first-order chi connectivity index (χ1) is 14.4. The van der Waals surface area contributed by atoms with Crippen molar-refractivity contribution in [1.82, 2.24) is 0 Å². The number of benzene rings is 2. The van der Waals surface area contributed by atoms with E-state index >= 15 is 0 Å². The van der Waals surface area contributed by atoms with Gasteiger partial charge < -0.3 is 23.4 Å². The normalized spacial score (nSPS) is 11.0. The van der Waals surface area contributed by atoms with Crippen LogP contribution in [0, 0.1) is 6.92 Å². The topological polar surface area (TPSA) is 84.2 Å². The van der Waals surface area contributed by atoms with Crippen molar-refractivity contribution in [2.24, 2.45) is 0 Å². The molecular formula is C23H22O7. The first-order valence-corrected chi connectivity index (χ1v) is 9.07. The maximum absolute atomic E-state index is 12.7. The van der Waals surface area contributed by atoms with Gasteiger partial charge in [-0.05, 0) is 42.3 Å². The lowest BCUT2D eigenvalue weighted by Crippen LogP contribution is -2.02. The molecule has 7 nitrogen and oxygen atoms in total. The summed E-state index contributed by atoms with van der Waals surface area (Å²) in [5, 5.41) is 0.500. The monoisotopic (exact) mass is 410 g/mol. The minimum atomic E-state index is -0.556. The molecule has 1 heterocycles.